The van der Waals surface area contributed by atoms with Crippen LogP contribution >= 0.6 is 0 Å². The van der Waals surface area contributed by atoms with Crippen molar-refractivity contribution < 1.29 is 4.42 Å². The molecule has 2 heteroatoms. The van der Waals surface area contributed by atoms with Crippen LogP contribution in [0.15, 0.2) is 229 Å². The molecule has 0 aliphatic heterocycles. The second-order valence-electron chi connectivity index (χ2n) is 15.8. The lowest BCUT2D eigenvalue weighted by molar-refractivity contribution is 0.620. The summed E-state index contributed by atoms with van der Waals surface area (Å²) in [4.78, 5) is 4.75. The maximum absolute atomic E-state index is 6.12. The zero-order valence-electron chi connectivity index (χ0n) is 33.2. The van der Waals surface area contributed by atoms with Crippen molar-refractivity contribution in [2.45, 2.75) is 0 Å². The van der Waals surface area contributed by atoms with Gasteiger partial charge in [-0.3, -0.25) is 0 Å². The number of benzene rings is 11. The van der Waals surface area contributed by atoms with E-state index in [-0.39, 0.29) is 0 Å². The molecule has 0 bridgehead atoms. The highest BCUT2D eigenvalue weighted by Crippen LogP contribution is 2.47. The molecule has 0 aliphatic carbocycles. The summed E-state index contributed by atoms with van der Waals surface area (Å²) in [5, 5.41) is 9.88. The number of nitrogens with zero attached hydrogens (tertiary/aromatic N) is 1. The molecule has 0 amide bonds. The van der Waals surface area contributed by atoms with Gasteiger partial charge in [0, 0.05) is 5.56 Å². The zero-order valence-corrected chi connectivity index (χ0v) is 33.2. The Morgan fingerprint density at radius 2 is 0.590 bits per heavy atom. The summed E-state index contributed by atoms with van der Waals surface area (Å²) in [5.41, 5.74) is 14.8. The second-order valence-corrected chi connectivity index (χ2v) is 15.8. The maximum atomic E-state index is 6.12. The van der Waals surface area contributed by atoms with Crippen LogP contribution in [0.2, 0.25) is 0 Å². The minimum atomic E-state index is 0.631. The van der Waals surface area contributed by atoms with Crippen molar-refractivity contribution in [3.8, 4) is 67.1 Å². The monoisotopic (exact) mass is 775 g/mol. The number of oxazole rings is 1. The molecule has 0 N–H and O–H groups in total. The van der Waals surface area contributed by atoms with Gasteiger partial charge in [-0.1, -0.05) is 194 Å². The fraction of sp³-hybridized carbons (Fsp3) is 0. The van der Waals surface area contributed by atoms with E-state index in [1.54, 1.807) is 0 Å². The lowest BCUT2D eigenvalue weighted by Gasteiger charge is -2.20. The Balaban J connectivity index is 1.02. The average Bonchev–Trinajstić information content (AvgIpc) is 3.78. The molecule has 284 valence electrons. The number of para-hydroxylation sites is 2. The second kappa shape index (κ2) is 14.3. The van der Waals surface area contributed by atoms with E-state index in [1.807, 2.05) is 24.3 Å². The Morgan fingerprint density at radius 1 is 0.246 bits per heavy atom. The summed E-state index contributed by atoms with van der Waals surface area (Å²) < 4.78 is 6.12. The van der Waals surface area contributed by atoms with Gasteiger partial charge in [0.25, 0.3) is 0 Å². The summed E-state index contributed by atoms with van der Waals surface area (Å²) in [6, 6.07) is 81.0. The van der Waals surface area contributed by atoms with Crippen LogP contribution < -0.4 is 0 Å². The van der Waals surface area contributed by atoms with Crippen molar-refractivity contribution in [2.75, 3.05) is 0 Å². The molecular formula is C59H37NO. The van der Waals surface area contributed by atoms with Gasteiger partial charge in [-0.15, -0.1) is 0 Å². The van der Waals surface area contributed by atoms with Gasteiger partial charge in [-0.25, -0.2) is 4.98 Å². The van der Waals surface area contributed by atoms with Crippen LogP contribution in [-0.2, 0) is 0 Å². The largest absolute Gasteiger partial charge is 0.436 e. The summed E-state index contributed by atoms with van der Waals surface area (Å²) >= 11 is 0. The lowest BCUT2D eigenvalue weighted by Crippen LogP contribution is -1.93. The van der Waals surface area contributed by atoms with Gasteiger partial charge in [0.05, 0.1) is 0 Å². The summed E-state index contributed by atoms with van der Waals surface area (Å²) in [6.07, 6.45) is 0. The predicted octanol–water partition coefficient (Wildman–Crippen LogP) is 16.4. The molecule has 0 unspecified atom stereocenters. The number of rotatable bonds is 6. The van der Waals surface area contributed by atoms with Gasteiger partial charge in [0.15, 0.2) is 5.58 Å². The van der Waals surface area contributed by atoms with E-state index in [2.05, 4.69) is 200 Å². The van der Waals surface area contributed by atoms with Gasteiger partial charge < -0.3 is 4.42 Å². The molecule has 11 aromatic carbocycles. The van der Waals surface area contributed by atoms with Gasteiger partial charge in [0.2, 0.25) is 5.89 Å². The topological polar surface area (TPSA) is 26.0 Å². The van der Waals surface area contributed by atoms with Crippen molar-refractivity contribution in [1.82, 2.24) is 4.98 Å². The third-order valence-electron chi connectivity index (χ3n) is 12.3. The van der Waals surface area contributed by atoms with Crippen molar-refractivity contribution in [3.05, 3.63) is 224 Å². The molecule has 61 heavy (non-hydrogen) atoms. The molecule has 0 saturated carbocycles. The number of aromatic nitrogens is 1. The molecule has 0 saturated heterocycles. The molecule has 1 aromatic heterocycles. The highest BCUT2D eigenvalue weighted by Gasteiger charge is 2.20. The third-order valence-corrected chi connectivity index (χ3v) is 12.3. The van der Waals surface area contributed by atoms with Crippen molar-refractivity contribution in [3.63, 3.8) is 0 Å². The van der Waals surface area contributed by atoms with Gasteiger partial charge in [-0.2, -0.15) is 0 Å². The first kappa shape index (κ1) is 34.9. The molecule has 2 nitrogen and oxygen atoms in total. The zero-order chi connectivity index (χ0) is 40.3. The maximum Gasteiger partial charge on any atom is 0.227 e. The first-order chi connectivity index (χ1) is 30.3. The minimum absolute atomic E-state index is 0.631. The molecule has 0 atom stereocenters. The average molecular weight is 776 g/mol. The quantitative estimate of drug-likeness (QED) is 0.157. The minimum Gasteiger partial charge on any atom is -0.436 e. The van der Waals surface area contributed by atoms with E-state index in [0.29, 0.717) is 5.89 Å². The number of hydrogen-bond donors (Lipinski definition) is 0. The Hall–Kier alpha value is -8.07. The van der Waals surface area contributed by atoms with Crippen LogP contribution in [0.25, 0.3) is 121 Å². The summed E-state index contributed by atoms with van der Waals surface area (Å²) in [5.74, 6) is 0.631. The molecule has 0 spiro atoms. The molecule has 1 heterocycles. The molecule has 0 radical (unpaired) electrons. The third kappa shape index (κ3) is 5.84. The fourth-order valence-electron chi connectivity index (χ4n) is 9.54. The van der Waals surface area contributed by atoms with Gasteiger partial charge >= 0.3 is 0 Å². The van der Waals surface area contributed by atoms with Crippen LogP contribution in [0.3, 0.4) is 0 Å². The van der Waals surface area contributed by atoms with E-state index in [9.17, 15) is 0 Å². The van der Waals surface area contributed by atoms with E-state index in [0.717, 1.165) is 22.2 Å². The lowest BCUT2D eigenvalue weighted by atomic mass is 9.83. The van der Waals surface area contributed by atoms with Gasteiger partial charge in [-0.05, 0) is 129 Å². The Kier molecular flexibility index (Phi) is 8.21. The van der Waals surface area contributed by atoms with Crippen molar-refractivity contribution in [1.29, 1.82) is 0 Å². The Bertz CT molecular complexity index is 3510. The highest BCUT2D eigenvalue weighted by atomic mass is 16.3. The van der Waals surface area contributed by atoms with Gasteiger partial charge in [0.1, 0.15) is 5.52 Å². The Morgan fingerprint density at radius 3 is 1.07 bits per heavy atom. The van der Waals surface area contributed by atoms with E-state index >= 15 is 0 Å². The normalized spacial score (nSPS) is 11.6. The fourth-order valence-corrected chi connectivity index (χ4v) is 9.54. The first-order valence-electron chi connectivity index (χ1n) is 20.9. The van der Waals surface area contributed by atoms with Crippen LogP contribution in [0, 0.1) is 0 Å². The summed E-state index contributed by atoms with van der Waals surface area (Å²) in [7, 11) is 0. The van der Waals surface area contributed by atoms with E-state index < -0.39 is 0 Å². The molecule has 12 aromatic rings. The van der Waals surface area contributed by atoms with Crippen molar-refractivity contribution >= 4 is 54.2 Å². The van der Waals surface area contributed by atoms with Crippen LogP contribution in [0.5, 0.6) is 0 Å². The van der Waals surface area contributed by atoms with Crippen LogP contribution in [0.1, 0.15) is 0 Å². The van der Waals surface area contributed by atoms with Crippen molar-refractivity contribution in [2.24, 2.45) is 0 Å². The molecule has 0 fully saturated rings. The number of fused-ring (bicyclic) bond motifs is 5. The molecule has 12 rings (SSSR count). The predicted molar refractivity (Wildman–Crippen MR) is 257 cm³/mol. The molecule has 0 aliphatic rings. The smallest absolute Gasteiger partial charge is 0.227 e. The Labute approximate surface area is 353 Å². The SMILES string of the molecule is c1ccc(-c2ccc3c(-c4ccc(-c5c6ccccc6c(-c6ccc(-c7nc8ccccc8o7)cc6)c6ccccc56)cc4)c4ccccc4c(-c4ccccc4)c3c2)cc1. The van der Waals surface area contributed by atoms with Crippen LogP contribution in [-0.4, -0.2) is 4.98 Å². The van der Waals surface area contributed by atoms with Crippen LogP contribution in [0.4, 0.5) is 0 Å². The molecular weight excluding hydrogens is 739 g/mol. The standard InChI is InChI=1S/C59H37NO/c1-3-15-38(16-4-1)44-35-36-51-52(37-44)58(39-17-5-2-6-18-39)50-24-12-11-23-49(50)57(51)41-29-27-40(28-30-41)55-45-19-7-9-21-47(45)56(48-22-10-8-20-46(48)55)42-31-33-43(34-32-42)59-60-53-25-13-14-26-54(53)61-59/h1-37H. The first-order valence-corrected chi connectivity index (χ1v) is 20.9. The van der Waals surface area contributed by atoms with E-state index in [1.165, 1.54) is 93.2 Å². The van der Waals surface area contributed by atoms with E-state index in [4.69, 9.17) is 9.40 Å². The highest BCUT2D eigenvalue weighted by molar-refractivity contribution is 6.23. The summed E-state index contributed by atoms with van der Waals surface area (Å²) in [6.45, 7) is 0. The number of hydrogen-bond acceptors (Lipinski definition) is 2.